The van der Waals surface area contributed by atoms with Crippen molar-refractivity contribution < 1.29 is 0 Å². The van der Waals surface area contributed by atoms with Crippen LogP contribution in [0, 0.1) is 0 Å². The first-order valence-corrected chi connectivity index (χ1v) is 5.07. The summed E-state index contributed by atoms with van der Waals surface area (Å²) in [5, 5.41) is 0. The molecule has 0 aliphatic rings. The average molecular weight is 212 g/mol. The van der Waals surface area contributed by atoms with Crippen LogP contribution in [-0.2, 0) is 0 Å². The van der Waals surface area contributed by atoms with Crippen LogP contribution in [-0.4, -0.2) is 23.3 Å². The number of thiocarbonyl (C=S) groups is 1. The van der Waals surface area contributed by atoms with Crippen molar-refractivity contribution in [1.29, 1.82) is 0 Å². The summed E-state index contributed by atoms with van der Waals surface area (Å²) in [7, 11) is 3.87. The molecule has 0 fully saturated rings. The Kier molecular flexibility index (Phi) is 3.57. The molecule has 0 aliphatic carbocycles. The number of nitrogens with two attached hydrogens (primary N) is 1. The van der Waals surface area contributed by atoms with E-state index in [1.807, 2.05) is 43.3 Å². The minimum absolute atomic E-state index is 0.778. The SMILES string of the molecule is CN(C)C(=S)Sc1ccc(N)cc1. The first kappa shape index (κ1) is 10.3. The molecule has 1 rings (SSSR count). The van der Waals surface area contributed by atoms with Gasteiger partial charge in [0.25, 0.3) is 0 Å². The Labute approximate surface area is 88.1 Å². The number of nitrogen functional groups attached to an aromatic ring is 1. The lowest BCUT2D eigenvalue weighted by atomic mass is 10.3. The van der Waals surface area contributed by atoms with Crippen LogP contribution in [0.25, 0.3) is 0 Å². The molecule has 0 bridgehead atoms. The minimum atomic E-state index is 0.778. The van der Waals surface area contributed by atoms with Gasteiger partial charge in [-0.25, -0.2) is 0 Å². The minimum Gasteiger partial charge on any atom is -0.399 e. The van der Waals surface area contributed by atoms with Gasteiger partial charge in [0.15, 0.2) is 0 Å². The van der Waals surface area contributed by atoms with Crippen LogP contribution in [0.5, 0.6) is 0 Å². The van der Waals surface area contributed by atoms with Crippen molar-refractivity contribution in [3.05, 3.63) is 24.3 Å². The number of hydrogen-bond donors (Lipinski definition) is 1. The highest BCUT2D eigenvalue weighted by Gasteiger charge is 2.01. The molecule has 0 amide bonds. The number of anilines is 1. The van der Waals surface area contributed by atoms with Gasteiger partial charge in [-0.1, -0.05) is 24.0 Å². The summed E-state index contributed by atoms with van der Waals surface area (Å²) in [6, 6.07) is 7.69. The van der Waals surface area contributed by atoms with E-state index >= 15 is 0 Å². The highest BCUT2D eigenvalue weighted by molar-refractivity contribution is 8.22. The van der Waals surface area contributed by atoms with Crippen LogP contribution in [0.15, 0.2) is 29.2 Å². The monoisotopic (exact) mass is 212 g/mol. The van der Waals surface area contributed by atoms with Crippen molar-refractivity contribution in [1.82, 2.24) is 4.90 Å². The summed E-state index contributed by atoms with van der Waals surface area (Å²) in [6.45, 7) is 0. The topological polar surface area (TPSA) is 29.3 Å². The fourth-order valence-corrected chi connectivity index (χ4v) is 1.67. The molecule has 70 valence electrons. The quantitative estimate of drug-likeness (QED) is 0.439. The second kappa shape index (κ2) is 4.48. The van der Waals surface area contributed by atoms with E-state index in [4.69, 9.17) is 18.0 Å². The molecular weight excluding hydrogens is 200 g/mol. The molecular formula is C9H12N2S2. The lowest BCUT2D eigenvalue weighted by Crippen LogP contribution is -2.15. The maximum Gasteiger partial charge on any atom is 0.140 e. The Morgan fingerprint density at radius 2 is 1.85 bits per heavy atom. The Balaban J connectivity index is 2.65. The Morgan fingerprint density at radius 1 is 1.31 bits per heavy atom. The van der Waals surface area contributed by atoms with Gasteiger partial charge >= 0.3 is 0 Å². The standard InChI is InChI=1S/C9H12N2S2/c1-11(2)9(12)13-8-5-3-7(10)4-6-8/h3-6H,10H2,1-2H3. The van der Waals surface area contributed by atoms with Crippen LogP contribution in [0.4, 0.5) is 5.69 Å². The maximum atomic E-state index is 5.56. The van der Waals surface area contributed by atoms with Crippen molar-refractivity contribution in [3.63, 3.8) is 0 Å². The van der Waals surface area contributed by atoms with Gasteiger partial charge in [0.05, 0.1) is 0 Å². The van der Waals surface area contributed by atoms with Gasteiger partial charge in [0, 0.05) is 24.7 Å². The van der Waals surface area contributed by atoms with Gasteiger partial charge in [-0.15, -0.1) is 0 Å². The lowest BCUT2D eigenvalue weighted by Gasteiger charge is -2.12. The van der Waals surface area contributed by atoms with Gasteiger partial charge in [-0.2, -0.15) is 0 Å². The Morgan fingerprint density at radius 3 is 2.31 bits per heavy atom. The van der Waals surface area contributed by atoms with Crippen molar-refractivity contribution in [2.45, 2.75) is 4.90 Å². The van der Waals surface area contributed by atoms with E-state index < -0.39 is 0 Å². The fourth-order valence-electron chi connectivity index (χ4n) is 0.728. The second-order valence-corrected chi connectivity index (χ2v) is 4.54. The summed E-state index contributed by atoms with van der Waals surface area (Å²) < 4.78 is 0.852. The van der Waals surface area contributed by atoms with Crippen molar-refractivity contribution in [2.24, 2.45) is 0 Å². The normalized spacial score (nSPS) is 9.69. The van der Waals surface area contributed by atoms with Crippen LogP contribution >= 0.6 is 24.0 Å². The summed E-state index contributed by atoms with van der Waals surface area (Å²) in [6.07, 6.45) is 0. The summed E-state index contributed by atoms with van der Waals surface area (Å²) >= 11 is 6.71. The number of nitrogens with zero attached hydrogens (tertiary/aromatic N) is 1. The van der Waals surface area contributed by atoms with Crippen molar-refractivity contribution in [3.8, 4) is 0 Å². The molecule has 0 saturated carbocycles. The smallest absolute Gasteiger partial charge is 0.140 e. The van der Waals surface area contributed by atoms with E-state index in [2.05, 4.69) is 0 Å². The molecule has 0 radical (unpaired) electrons. The van der Waals surface area contributed by atoms with E-state index in [9.17, 15) is 0 Å². The van der Waals surface area contributed by atoms with Crippen LogP contribution < -0.4 is 5.73 Å². The number of rotatable bonds is 1. The molecule has 0 spiro atoms. The highest BCUT2D eigenvalue weighted by atomic mass is 32.2. The zero-order valence-corrected chi connectivity index (χ0v) is 9.28. The lowest BCUT2D eigenvalue weighted by molar-refractivity contribution is 0.648. The third kappa shape index (κ3) is 3.24. The fraction of sp³-hybridized carbons (Fsp3) is 0.222. The van der Waals surface area contributed by atoms with Gasteiger partial charge < -0.3 is 10.6 Å². The van der Waals surface area contributed by atoms with Crippen LogP contribution in [0.1, 0.15) is 0 Å². The van der Waals surface area contributed by atoms with E-state index in [1.54, 1.807) is 11.8 Å². The van der Waals surface area contributed by atoms with E-state index in [0.29, 0.717) is 0 Å². The largest absolute Gasteiger partial charge is 0.399 e. The maximum absolute atomic E-state index is 5.56. The third-order valence-electron chi connectivity index (χ3n) is 1.45. The molecule has 0 aliphatic heterocycles. The first-order valence-electron chi connectivity index (χ1n) is 3.84. The van der Waals surface area contributed by atoms with Crippen molar-refractivity contribution in [2.75, 3.05) is 19.8 Å². The molecule has 2 N–H and O–H groups in total. The predicted octanol–water partition coefficient (Wildman–Crippen LogP) is 2.21. The number of benzene rings is 1. The average Bonchev–Trinajstić information content (AvgIpc) is 2.08. The Hall–Kier alpha value is -0.740. The van der Waals surface area contributed by atoms with Crippen molar-refractivity contribution >= 4 is 34.0 Å². The van der Waals surface area contributed by atoms with E-state index in [0.717, 1.165) is 14.9 Å². The molecule has 0 saturated heterocycles. The van der Waals surface area contributed by atoms with E-state index in [1.165, 1.54) is 0 Å². The van der Waals surface area contributed by atoms with Gasteiger partial charge in [-0.05, 0) is 24.3 Å². The third-order valence-corrected chi connectivity index (χ3v) is 3.11. The second-order valence-electron chi connectivity index (χ2n) is 2.83. The molecule has 0 unspecified atom stereocenters. The van der Waals surface area contributed by atoms with Gasteiger partial charge in [0.1, 0.15) is 4.32 Å². The summed E-state index contributed by atoms with van der Waals surface area (Å²) in [4.78, 5) is 3.03. The molecule has 0 heterocycles. The number of hydrogen-bond acceptors (Lipinski definition) is 3. The first-order chi connectivity index (χ1) is 6.09. The van der Waals surface area contributed by atoms with Gasteiger partial charge in [-0.3, -0.25) is 0 Å². The molecule has 13 heavy (non-hydrogen) atoms. The zero-order valence-electron chi connectivity index (χ0n) is 7.65. The van der Waals surface area contributed by atoms with Crippen LogP contribution in [0.2, 0.25) is 0 Å². The highest BCUT2D eigenvalue weighted by Crippen LogP contribution is 2.21. The molecule has 0 aromatic heterocycles. The van der Waals surface area contributed by atoms with Gasteiger partial charge in [0.2, 0.25) is 0 Å². The van der Waals surface area contributed by atoms with Crippen LogP contribution in [0.3, 0.4) is 0 Å². The summed E-state index contributed by atoms with van der Waals surface area (Å²) in [5.74, 6) is 0. The van der Waals surface area contributed by atoms with E-state index in [-0.39, 0.29) is 0 Å². The molecule has 1 aromatic rings. The summed E-state index contributed by atoms with van der Waals surface area (Å²) in [5.41, 5.74) is 6.34. The molecule has 0 atom stereocenters. The zero-order chi connectivity index (χ0) is 9.84. The molecule has 4 heteroatoms. The number of thioether (sulfide) groups is 1. The molecule has 1 aromatic carbocycles. The molecule has 2 nitrogen and oxygen atoms in total. The Bertz CT molecular complexity index is 293. The predicted molar refractivity (Wildman–Crippen MR) is 63.0 cm³/mol.